The second-order valence-corrected chi connectivity index (χ2v) is 5.58. The minimum atomic E-state index is -1.53. The van der Waals surface area contributed by atoms with E-state index in [-0.39, 0.29) is 0 Å². The first-order valence-electron chi connectivity index (χ1n) is 7.04. The van der Waals surface area contributed by atoms with Crippen LogP contribution in [0.4, 0.5) is 0 Å². The van der Waals surface area contributed by atoms with Crippen LogP contribution in [-0.4, -0.2) is 17.2 Å². The van der Waals surface area contributed by atoms with Crippen molar-refractivity contribution in [1.82, 2.24) is 0 Å². The normalized spacial score (nSPS) is 10.6. The molecule has 0 aliphatic heterocycles. The molecule has 0 radical (unpaired) electrons. The predicted octanol–water partition coefficient (Wildman–Crippen LogP) is 2.18. The molecule has 0 spiro atoms. The average molecular weight is 284 g/mol. The van der Waals surface area contributed by atoms with E-state index in [0.717, 1.165) is 11.1 Å². The van der Waals surface area contributed by atoms with Crippen LogP contribution >= 0.6 is 0 Å². The molecule has 0 saturated carbocycles. The molecule has 0 saturated heterocycles. The van der Waals surface area contributed by atoms with Gasteiger partial charge in [0, 0.05) is 5.46 Å². The quantitative estimate of drug-likeness (QED) is 0.846. The summed E-state index contributed by atoms with van der Waals surface area (Å²) in [5.74, 6) is 0.509. The summed E-state index contributed by atoms with van der Waals surface area (Å²) in [6.45, 7) is 8.53. The maximum atomic E-state index is 9.45. The fourth-order valence-corrected chi connectivity index (χ4v) is 2.59. The largest absolute Gasteiger partial charge is 0.492 e. The molecule has 3 nitrogen and oxygen atoms in total. The van der Waals surface area contributed by atoms with Crippen molar-refractivity contribution in [1.29, 1.82) is 0 Å². The highest BCUT2D eigenvalue weighted by atomic mass is 16.5. The van der Waals surface area contributed by atoms with Gasteiger partial charge in [0.2, 0.25) is 0 Å². The van der Waals surface area contributed by atoms with Gasteiger partial charge in [-0.05, 0) is 50.5 Å². The predicted molar refractivity (Wildman–Crippen MR) is 86.0 cm³/mol. The van der Waals surface area contributed by atoms with Crippen molar-refractivity contribution in [3.8, 4) is 5.75 Å². The molecule has 4 heteroatoms. The van der Waals surface area contributed by atoms with Crippen molar-refractivity contribution >= 4 is 12.6 Å². The van der Waals surface area contributed by atoms with E-state index in [0.29, 0.717) is 17.8 Å². The fourth-order valence-electron chi connectivity index (χ4n) is 2.59. The third-order valence-electron chi connectivity index (χ3n) is 3.66. The lowest BCUT2D eigenvalue weighted by atomic mass is 9.79. The monoisotopic (exact) mass is 284 g/mol. The molecule has 0 aliphatic carbocycles. The van der Waals surface area contributed by atoms with E-state index in [1.54, 1.807) is 12.1 Å². The smallest absolute Gasteiger partial charge is 0.489 e. The van der Waals surface area contributed by atoms with Gasteiger partial charge in [-0.2, -0.15) is 0 Å². The van der Waals surface area contributed by atoms with Gasteiger partial charge in [-0.1, -0.05) is 35.4 Å². The molecule has 110 valence electrons. The SMILES string of the molecule is Cc1cc(C)c(COc2ccc(C)cc2B(O)O)c(C)c1. The topological polar surface area (TPSA) is 49.7 Å². The second kappa shape index (κ2) is 6.33. The molecular weight excluding hydrogens is 263 g/mol. The third kappa shape index (κ3) is 3.66. The van der Waals surface area contributed by atoms with Gasteiger partial charge in [0.15, 0.2) is 0 Å². The van der Waals surface area contributed by atoms with Crippen LogP contribution in [0.25, 0.3) is 0 Å². The van der Waals surface area contributed by atoms with Crippen molar-refractivity contribution < 1.29 is 14.8 Å². The van der Waals surface area contributed by atoms with E-state index >= 15 is 0 Å². The van der Waals surface area contributed by atoms with Crippen LogP contribution in [-0.2, 0) is 6.61 Å². The third-order valence-corrected chi connectivity index (χ3v) is 3.66. The van der Waals surface area contributed by atoms with Crippen LogP contribution in [0.5, 0.6) is 5.75 Å². The zero-order valence-corrected chi connectivity index (χ0v) is 13.0. The Morgan fingerprint density at radius 1 is 0.905 bits per heavy atom. The molecule has 2 rings (SSSR count). The molecule has 0 aliphatic rings. The van der Waals surface area contributed by atoms with E-state index in [9.17, 15) is 10.0 Å². The number of ether oxygens (including phenoxy) is 1. The number of hydrogen-bond donors (Lipinski definition) is 2. The standard InChI is InChI=1S/C17H21BO3/c1-11-5-6-17(16(9-11)18(19)20)21-10-15-13(3)7-12(2)8-14(15)4/h5-9,19-20H,10H2,1-4H3. The summed E-state index contributed by atoms with van der Waals surface area (Å²) in [5.41, 5.74) is 6.11. The fraction of sp³-hybridized carbons (Fsp3) is 0.294. The van der Waals surface area contributed by atoms with Crippen LogP contribution in [0.2, 0.25) is 0 Å². The molecule has 2 aromatic rings. The summed E-state index contributed by atoms with van der Waals surface area (Å²) in [6, 6.07) is 9.67. The van der Waals surface area contributed by atoms with Gasteiger partial charge >= 0.3 is 7.12 Å². The average Bonchev–Trinajstić information content (AvgIpc) is 2.38. The summed E-state index contributed by atoms with van der Waals surface area (Å²) in [4.78, 5) is 0. The number of rotatable bonds is 4. The lowest BCUT2D eigenvalue weighted by Crippen LogP contribution is -2.31. The highest BCUT2D eigenvalue weighted by Gasteiger charge is 2.17. The molecule has 2 aromatic carbocycles. The van der Waals surface area contributed by atoms with Gasteiger partial charge in [0.05, 0.1) is 0 Å². The van der Waals surface area contributed by atoms with Crippen LogP contribution in [0.15, 0.2) is 30.3 Å². The molecule has 0 fully saturated rings. The van der Waals surface area contributed by atoms with Crippen molar-refractivity contribution in [2.24, 2.45) is 0 Å². The second-order valence-electron chi connectivity index (χ2n) is 5.58. The Labute approximate surface area is 126 Å². The Balaban J connectivity index is 2.25. The maximum Gasteiger partial charge on any atom is 0.492 e. The van der Waals surface area contributed by atoms with Crippen molar-refractivity contribution in [2.75, 3.05) is 0 Å². The summed E-state index contributed by atoms with van der Waals surface area (Å²) >= 11 is 0. The lowest BCUT2D eigenvalue weighted by Gasteiger charge is -2.15. The van der Waals surface area contributed by atoms with Crippen LogP contribution in [0.1, 0.15) is 27.8 Å². The molecule has 0 amide bonds. The van der Waals surface area contributed by atoms with E-state index in [4.69, 9.17) is 4.74 Å². The zero-order chi connectivity index (χ0) is 15.6. The first kappa shape index (κ1) is 15.6. The van der Waals surface area contributed by atoms with E-state index in [2.05, 4.69) is 32.9 Å². The molecular formula is C17H21BO3. The van der Waals surface area contributed by atoms with E-state index in [1.807, 2.05) is 13.0 Å². The highest BCUT2D eigenvalue weighted by molar-refractivity contribution is 6.59. The van der Waals surface area contributed by atoms with Gasteiger partial charge in [-0.25, -0.2) is 0 Å². The summed E-state index contributed by atoms with van der Waals surface area (Å²) < 4.78 is 5.82. The molecule has 21 heavy (non-hydrogen) atoms. The minimum absolute atomic E-state index is 0.400. The first-order chi connectivity index (χ1) is 9.88. The van der Waals surface area contributed by atoms with Crippen LogP contribution in [0, 0.1) is 27.7 Å². The number of hydrogen-bond acceptors (Lipinski definition) is 3. The van der Waals surface area contributed by atoms with Gasteiger partial charge in [0.25, 0.3) is 0 Å². The first-order valence-corrected chi connectivity index (χ1v) is 7.04. The number of benzene rings is 2. The van der Waals surface area contributed by atoms with E-state index < -0.39 is 7.12 Å². The molecule has 0 heterocycles. The molecule has 0 aromatic heterocycles. The Morgan fingerprint density at radius 3 is 2.10 bits per heavy atom. The van der Waals surface area contributed by atoms with Gasteiger partial charge in [-0.3, -0.25) is 0 Å². The Hall–Kier alpha value is -1.78. The molecule has 0 bridgehead atoms. The van der Waals surface area contributed by atoms with Gasteiger partial charge in [0.1, 0.15) is 12.4 Å². The molecule has 0 atom stereocenters. The molecule has 0 unspecified atom stereocenters. The lowest BCUT2D eigenvalue weighted by molar-refractivity contribution is 0.305. The van der Waals surface area contributed by atoms with Crippen molar-refractivity contribution in [2.45, 2.75) is 34.3 Å². The van der Waals surface area contributed by atoms with Crippen molar-refractivity contribution in [3.63, 3.8) is 0 Å². The molecule has 2 N–H and O–H groups in total. The van der Waals surface area contributed by atoms with E-state index in [1.165, 1.54) is 16.7 Å². The highest BCUT2D eigenvalue weighted by Crippen LogP contribution is 2.19. The Bertz CT molecular complexity index is 627. The summed E-state index contributed by atoms with van der Waals surface area (Å²) in [5, 5.41) is 18.9. The zero-order valence-electron chi connectivity index (χ0n) is 13.0. The Kier molecular flexibility index (Phi) is 4.71. The summed E-state index contributed by atoms with van der Waals surface area (Å²) in [7, 11) is -1.53. The van der Waals surface area contributed by atoms with Gasteiger partial charge in [-0.15, -0.1) is 0 Å². The van der Waals surface area contributed by atoms with Crippen molar-refractivity contribution in [3.05, 3.63) is 58.1 Å². The minimum Gasteiger partial charge on any atom is -0.489 e. The van der Waals surface area contributed by atoms with Gasteiger partial charge < -0.3 is 14.8 Å². The van der Waals surface area contributed by atoms with Crippen LogP contribution in [0.3, 0.4) is 0 Å². The maximum absolute atomic E-state index is 9.45. The Morgan fingerprint density at radius 2 is 1.52 bits per heavy atom. The summed E-state index contributed by atoms with van der Waals surface area (Å²) in [6.07, 6.45) is 0. The van der Waals surface area contributed by atoms with Crippen LogP contribution < -0.4 is 10.2 Å². The number of aryl methyl sites for hydroxylation is 4.